The van der Waals surface area contributed by atoms with Crippen LogP contribution in [0.15, 0.2) is 48.5 Å². The van der Waals surface area contributed by atoms with E-state index in [1.165, 1.54) is 30.3 Å². The molecule has 0 aliphatic carbocycles. The van der Waals surface area contributed by atoms with E-state index < -0.39 is 35.1 Å². The van der Waals surface area contributed by atoms with Crippen LogP contribution < -0.4 is 10.6 Å². The van der Waals surface area contributed by atoms with E-state index >= 15 is 0 Å². The maximum atomic E-state index is 13.8. The Labute approximate surface area is 185 Å². The molecule has 1 heterocycles. The van der Waals surface area contributed by atoms with Gasteiger partial charge in [-0.05, 0) is 55.3 Å². The number of carbonyl (C=O) groups is 2. The van der Waals surface area contributed by atoms with Crippen LogP contribution in [0, 0.1) is 19.7 Å². The zero-order valence-electron chi connectivity index (χ0n) is 16.8. The second-order valence-electron chi connectivity index (χ2n) is 6.87. The average Bonchev–Trinajstić information content (AvgIpc) is 2.66. The van der Waals surface area contributed by atoms with Gasteiger partial charge >= 0.3 is 12.2 Å². The number of urea groups is 1. The number of nitrogens with one attached hydrogen (secondary N) is 2. The summed E-state index contributed by atoms with van der Waals surface area (Å²) in [6.45, 7) is 3.23. The Kier molecular flexibility index (Phi) is 6.50. The van der Waals surface area contributed by atoms with Gasteiger partial charge in [-0.1, -0.05) is 29.8 Å². The lowest BCUT2D eigenvalue weighted by Crippen LogP contribution is -2.35. The molecule has 0 unspecified atom stereocenters. The van der Waals surface area contributed by atoms with Crippen LogP contribution in [0.1, 0.15) is 27.2 Å². The molecule has 10 heteroatoms. The summed E-state index contributed by atoms with van der Waals surface area (Å²) in [5.74, 6) is -1.88. The lowest BCUT2D eigenvalue weighted by molar-refractivity contribution is -0.137. The van der Waals surface area contributed by atoms with Gasteiger partial charge in [-0.15, -0.1) is 0 Å². The minimum Gasteiger partial charge on any atom is -0.292 e. The molecule has 0 aliphatic heterocycles. The number of nitrogens with zero attached hydrogens (tertiary/aromatic N) is 1. The Morgan fingerprint density at radius 2 is 1.72 bits per heavy atom. The first-order chi connectivity index (χ1) is 15.0. The summed E-state index contributed by atoms with van der Waals surface area (Å²) in [5.41, 5.74) is 0.447. The van der Waals surface area contributed by atoms with Gasteiger partial charge in [0.25, 0.3) is 5.91 Å². The Balaban J connectivity index is 1.81. The zero-order valence-corrected chi connectivity index (χ0v) is 17.5. The standard InChI is InChI=1S/C22H16ClF4N3O2/c1-11-9-17(29-21(32)30-20(31)19-15(23)7-4-8-16(19)24)28-12(2)18(11)13-5-3-6-14(10-13)22(25,26)27/h3-10H,1-2H3,(H2,28,29,30,31,32). The van der Waals surface area contributed by atoms with E-state index in [4.69, 9.17) is 11.6 Å². The monoisotopic (exact) mass is 465 g/mol. The number of anilines is 1. The van der Waals surface area contributed by atoms with Gasteiger partial charge in [0.1, 0.15) is 11.6 Å². The van der Waals surface area contributed by atoms with Crippen LogP contribution in [0.25, 0.3) is 11.1 Å². The van der Waals surface area contributed by atoms with E-state index in [-0.39, 0.29) is 10.8 Å². The van der Waals surface area contributed by atoms with Crippen LogP contribution in [0.4, 0.5) is 28.2 Å². The number of hydrogen-bond acceptors (Lipinski definition) is 3. The molecule has 3 aromatic rings. The lowest BCUT2D eigenvalue weighted by Gasteiger charge is -2.15. The SMILES string of the molecule is Cc1cc(NC(=O)NC(=O)c2c(F)cccc2Cl)nc(C)c1-c1cccc(C(F)(F)F)c1. The summed E-state index contributed by atoms with van der Waals surface area (Å²) in [4.78, 5) is 28.5. The maximum absolute atomic E-state index is 13.8. The van der Waals surface area contributed by atoms with E-state index in [0.29, 0.717) is 22.4 Å². The molecule has 0 fully saturated rings. The highest BCUT2D eigenvalue weighted by atomic mass is 35.5. The first-order valence-corrected chi connectivity index (χ1v) is 9.57. The van der Waals surface area contributed by atoms with Gasteiger partial charge in [0.2, 0.25) is 0 Å². The molecule has 5 nitrogen and oxygen atoms in total. The van der Waals surface area contributed by atoms with Crippen molar-refractivity contribution in [3.05, 3.63) is 81.8 Å². The first kappa shape index (κ1) is 23.2. The van der Waals surface area contributed by atoms with Gasteiger partial charge in [-0.2, -0.15) is 13.2 Å². The number of halogens is 5. The summed E-state index contributed by atoms with van der Waals surface area (Å²) in [6, 6.07) is 8.94. The summed E-state index contributed by atoms with van der Waals surface area (Å²) in [5, 5.41) is 4.15. The number of aromatic nitrogens is 1. The normalized spacial score (nSPS) is 11.2. The fourth-order valence-electron chi connectivity index (χ4n) is 3.21. The van der Waals surface area contributed by atoms with Crippen molar-refractivity contribution in [3.63, 3.8) is 0 Å². The van der Waals surface area contributed by atoms with Gasteiger partial charge in [0.15, 0.2) is 0 Å². The van der Waals surface area contributed by atoms with Crippen LogP contribution >= 0.6 is 11.6 Å². The predicted molar refractivity (Wildman–Crippen MR) is 112 cm³/mol. The van der Waals surface area contributed by atoms with Gasteiger partial charge in [0.05, 0.1) is 16.1 Å². The molecule has 0 radical (unpaired) electrons. The number of aryl methyl sites for hydroxylation is 2. The van der Waals surface area contributed by atoms with Crippen LogP contribution in [0.2, 0.25) is 5.02 Å². The number of pyridine rings is 1. The van der Waals surface area contributed by atoms with Gasteiger partial charge in [-0.25, -0.2) is 14.2 Å². The van der Waals surface area contributed by atoms with Crippen molar-refractivity contribution in [2.24, 2.45) is 0 Å². The summed E-state index contributed by atoms with van der Waals surface area (Å²) >= 11 is 5.81. The van der Waals surface area contributed by atoms with Crippen molar-refractivity contribution >= 4 is 29.4 Å². The molecule has 0 aliphatic rings. The topological polar surface area (TPSA) is 71.1 Å². The average molecular weight is 466 g/mol. The maximum Gasteiger partial charge on any atom is 0.416 e. The van der Waals surface area contributed by atoms with Crippen molar-refractivity contribution in [2.45, 2.75) is 20.0 Å². The minimum absolute atomic E-state index is 0.0562. The molecule has 2 aromatic carbocycles. The van der Waals surface area contributed by atoms with Crippen LogP contribution in [-0.2, 0) is 6.18 Å². The Bertz CT molecular complexity index is 1170. The van der Waals surface area contributed by atoms with Crippen molar-refractivity contribution in [1.82, 2.24) is 10.3 Å². The predicted octanol–water partition coefficient (Wildman–Crippen LogP) is 6.14. The third kappa shape index (κ3) is 5.05. The minimum atomic E-state index is -4.49. The van der Waals surface area contributed by atoms with Crippen LogP contribution in [0.3, 0.4) is 0 Å². The summed E-state index contributed by atoms with van der Waals surface area (Å²) in [6.07, 6.45) is -4.49. The fraction of sp³-hybridized carbons (Fsp3) is 0.136. The molecule has 1 aromatic heterocycles. The molecule has 0 atom stereocenters. The number of benzene rings is 2. The molecule has 32 heavy (non-hydrogen) atoms. The van der Waals surface area contributed by atoms with Crippen molar-refractivity contribution < 1.29 is 27.2 Å². The fourth-order valence-corrected chi connectivity index (χ4v) is 3.46. The Morgan fingerprint density at radius 1 is 1.03 bits per heavy atom. The van der Waals surface area contributed by atoms with E-state index in [1.807, 2.05) is 5.32 Å². The van der Waals surface area contributed by atoms with Gasteiger partial charge < -0.3 is 0 Å². The van der Waals surface area contributed by atoms with E-state index in [9.17, 15) is 27.2 Å². The number of rotatable bonds is 3. The molecule has 3 rings (SSSR count). The third-order valence-corrected chi connectivity index (χ3v) is 4.85. The largest absolute Gasteiger partial charge is 0.416 e. The quantitative estimate of drug-likeness (QED) is 0.456. The number of amides is 3. The zero-order chi connectivity index (χ0) is 23.6. The molecular formula is C22H16ClF4N3O2. The molecule has 0 spiro atoms. The van der Waals surface area contributed by atoms with Crippen LogP contribution in [-0.4, -0.2) is 16.9 Å². The molecule has 0 saturated carbocycles. The van der Waals surface area contributed by atoms with E-state index in [0.717, 1.165) is 18.2 Å². The van der Waals surface area contributed by atoms with Crippen molar-refractivity contribution in [1.29, 1.82) is 0 Å². The number of alkyl halides is 3. The smallest absolute Gasteiger partial charge is 0.292 e. The first-order valence-electron chi connectivity index (χ1n) is 9.19. The molecule has 2 N–H and O–H groups in total. The number of imide groups is 1. The summed E-state index contributed by atoms with van der Waals surface area (Å²) in [7, 11) is 0. The van der Waals surface area contributed by atoms with E-state index in [2.05, 4.69) is 10.3 Å². The Morgan fingerprint density at radius 3 is 2.34 bits per heavy atom. The molecular weight excluding hydrogens is 450 g/mol. The summed E-state index contributed by atoms with van der Waals surface area (Å²) < 4.78 is 53.0. The van der Waals surface area contributed by atoms with Crippen molar-refractivity contribution in [2.75, 3.05) is 5.32 Å². The highest BCUT2D eigenvalue weighted by molar-refractivity contribution is 6.34. The second kappa shape index (κ2) is 8.96. The number of hydrogen-bond donors (Lipinski definition) is 2. The molecule has 0 bridgehead atoms. The Hall–Kier alpha value is -3.46. The van der Waals surface area contributed by atoms with Crippen molar-refractivity contribution in [3.8, 4) is 11.1 Å². The molecule has 3 amide bonds. The molecule has 0 saturated heterocycles. The third-order valence-electron chi connectivity index (χ3n) is 4.53. The second-order valence-corrected chi connectivity index (χ2v) is 7.28. The van der Waals surface area contributed by atoms with Gasteiger partial charge in [0, 0.05) is 11.3 Å². The van der Waals surface area contributed by atoms with E-state index in [1.54, 1.807) is 13.8 Å². The highest BCUT2D eigenvalue weighted by Crippen LogP contribution is 2.34. The highest BCUT2D eigenvalue weighted by Gasteiger charge is 2.30. The van der Waals surface area contributed by atoms with Crippen LogP contribution in [0.5, 0.6) is 0 Å². The van der Waals surface area contributed by atoms with Gasteiger partial charge in [-0.3, -0.25) is 15.4 Å². The number of carbonyl (C=O) groups excluding carboxylic acids is 2. The molecule has 166 valence electrons. The lowest BCUT2D eigenvalue weighted by atomic mass is 9.97.